The third-order valence-corrected chi connectivity index (χ3v) is 1.45. The van der Waals surface area contributed by atoms with E-state index in [9.17, 15) is 13.2 Å². The van der Waals surface area contributed by atoms with Crippen LogP contribution in [0.5, 0.6) is 0 Å². The van der Waals surface area contributed by atoms with E-state index in [-0.39, 0.29) is 5.69 Å². The second kappa shape index (κ2) is 2.78. The van der Waals surface area contributed by atoms with E-state index in [1.807, 2.05) is 0 Å². The van der Waals surface area contributed by atoms with Crippen molar-refractivity contribution in [1.29, 1.82) is 0 Å². The highest BCUT2D eigenvalue weighted by atomic mass is 19.4. The topological polar surface area (TPSA) is 38.0 Å². The lowest BCUT2D eigenvalue weighted by Crippen LogP contribution is -2.22. The summed E-state index contributed by atoms with van der Waals surface area (Å²) in [5.41, 5.74) is -0.262. The standard InChI is InChI=1S/C6H7F3N2O/c1-11-4(2-3-10-11)5(12)6(7,8)9/h2-3,5,12H,1H3/t5-/m0/s1. The molecule has 0 bridgehead atoms. The number of aliphatic hydroxyl groups is 1. The van der Waals surface area contributed by atoms with E-state index in [4.69, 9.17) is 5.11 Å². The third-order valence-electron chi connectivity index (χ3n) is 1.45. The fraction of sp³-hybridized carbons (Fsp3) is 0.500. The molecule has 0 aliphatic rings. The van der Waals surface area contributed by atoms with E-state index in [2.05, 4.69) is 5.10 Å². The van der Waals surface area contributed by atoms with Crippen molar-refractivity contribution in [1.82, 2.24) is 9.78 Å². The fourth-order valence-corrected chi connectivity index (χ4v) is 0.820. The van der Waals surface area contributed by atoms with E-state index in [0.717, 1.165) is 10.7 Å². The third kappa shape index (κ3) is 1.58. The minimum atomic E-state index is -4.63. The molecule has 0 spiro atoms. The van der Waals surface area contributed by atoms with Gasteiger partial charge in [-0.25, -0.2) is 0 Å². The van der Waals surface area contributed by atoms with Crippen LogP contribution in [0.15, 0.2) is 12.3 Å². The molecule has 0 radical (unpaired) electrons. The molecule has 0 saturated heterocycles. The van der Waals surface area contributed by atoms with Crippen LogP contribution in [0.25, 0.3) is 0 Å². The van der Waals surface area contributed by atoms with Gasteiger partial charge in [0, 0.05) is 13.2 Å². The zero-order valence-electron chi connectivity index (χ0n) is 6.21. The van der Waals surface area contributed by atoms with Crippen LogP contribution in [-0.4, -0.2) is 21.1 Å². The van der Waals surface area contributed by atoms with Gasteiger partial charge in [-0.1, -0.05) is 0 Å². The molecule has 1 aromatic rings. The molecule has 68 valence electrons. The summed E-state index contributed by atoms with van der Waals surface area (Å²) in [6.45, 7) is 0. The molecular weight excluding hydrogens is 173 g/mol. The number of hydrogen-bond acceptors (Lipinski definition) is 2. The first-order valence-corrected chi connectivity index (χ1v) is 3.15. The maximum absolute atomic E-state index is 11.9. The molecule has 0 aliphatic heterocycles. The van der Waals surface area contributed by atoms with Crippen molar-refractivity contribution in [3.8, 4) is 0 Å². The zero-order valence-corrected chi connectivity index (χ0v) is 6.21. The van der Waals surface area contributed by atoms with E-state index in [1.54, 1.807) is 0 Å². The van der Waals surface area contributed by atoms with Gasteiger partial charge in [-0.2, -0.15) is 18.3 Å². The minimum absolute atomic E-state index is 0.262. The van der Waals surface area contributed by atoms with Crippen LogP contribution in [0.4, 0.5) is 13.2 Å². The van der Waals surface area contributed by atoms with Gasteiger partial charge in [0.25, 0.3) is 0 Å². The van der Waals surface area contributed by atoms with Crippen LogP contribution in [-0.2, 0) is 7.05 Å². The molecule has 0 aliphatic carbocycles. The Bertz CT molecular complexity index is 268. The van der Waals surface area contributed by atoms with Gasteiger partial charge in [0.05, 0.1) is 5.69 Å². The smallest absolute Gasteiger partial charge is 0.378 e. The summed E-state index contributed by atoms with van der Waals surface area (Å²) in [5.74, 6) is 0. The number of hydrogen-bond donors (Lipinski definition) is 1. The van der Waals surface area contributed by atoms with Crippen LogP contribution in [0.3, 0.4) is 0 Å². The molecule has 0 fully saturated rings. The average molecular weight is 180 g/mol. The Kier molecular flexibility index (Phi) is 2.10. The molecule has 0 saturated carbocycles. The Hall–Kier alpha value is -1.04. The Morgan fingerprint density at radius 2 is 2.17 bits per heavy atom. The second-order valence-electron chi connectivity index (χ2n) is 2.32. The van der Waals surface area contributed by atoms with Gasteiger partial charge < -0.3 is 5.11 Å². The first kappa shape index (κ1) is 9.05. The average Bonchev–Trinajstić information content (AvgIpc) is 2.31. The van der Waals surface area contributed by atoms with Crippen LogP contribution in [0.2, 0.25) is 0 Å². The molecule has 1 rings (SSSR count). The van der Waals surface area contributed by atoms with Crippen molar-refractivity contribution < 1.29 is 18.3 Å². The number of nitrogens with zero attached hydrogens (tertiary/aromatic N) is 2. The van der Waals surface area contributed by atoms with Gasteiger partial charge in [-0.3, -0.25) is 4.68 Å². The van der Waals surface area contributed by atoms with Crippen molar-refractivity contribution in [3.05, 3.63) is 18.0 Å². The highest BCUT2D eigenvalue weighted by molar-refractivity contribution is 5.05. The van der Waals surface area contributed by atoms with E-state index in [0.29, 0.717) is 0 Å². The number of halogens is 3. The fourth-order valence-electron chi connectivity index (χ4n) is 0.820. The predicted molar refractivity (Wildman–Crippen MR) is 34.2 cm³/mol. The van der Waals surface area contributed by atoms with Gasteiger partial charge in [0.1, 0.15) is 0 Å². The lowest BCUT2D eigenvalue weighted by molar-refractivity contribution is -0.208. The van der Waals surface area contributed by atoms with Crippen LogP contribution in [0.1, 0.15) is 11.8 Å². The van der Waals surface area contributed by atoms with Gasteiger partial charge in [-0.05, 0) is 6.07 Å². The van der Waals surface area contributed by atoms with Gasteiger partial charge in [-0.15, -0.1) is 0 Å². The summed E-state index contributed by atoms with van der Waals surface area (Å²) >= 11 is 0. The van der Waals surface area contributed by atoms with Gasteiger partial charge >= 0.3 is 6.18 Å². The monoisotopic (exact) mass is 180 g/mol. The van der Waals surface area contributed by atoms with Crippen molar-refractivity contribution >= 4 is 0 Å². The van der Waals surface area contributed by atoms with Crippen LogP contribution >= 0.6 is 0 Å². The highest BCUT2D eigenvalue weighted by Gasteiger charge is 2.40. The summed E-state index contributed by atoms with van der Waals surface area (Å²) in [5, 5.41) is 12.2. The molecular formula is C6H7F3N2O. The zero-order chi connectivity index (χ0) is 9.35. The Balaban J connectivity index is 2.92. The highest BCUT2D eigenvalue weighted by Crippen LogP contribution is 2.31. The summed E-state index contributed by atoms with van der Waals surface area (Å²) in [7, 11) is 1.34. The van der Waals surface area contributed by atoms with Crippen LogP contribution < -0.4 is 0 Å². The quantitative estimate of drug-likeness (QED) is 0.700. The summed E-state index contributed by atoms with van der Waals surface area (Å²) in [4.78, 5) is 0. The molecule has 0 unspecified atom stereocenters. The number of alkyl halides is 3. The van der Waals surface area contributed by atoms with Gasteiger partial charge in [0.15, 0.2) is 6.10 Å². The maximum Gasteiger partial charge on any atom is 0.420 e. The Morgan fingerprint density at radius 1 is 1.58 bits per heavy atom. The molecule has 3 nitrogen and oxygen atoms in total. The molecule has 0 aromatic carbocycles. The first-order valence-electron chi connectivity index (χ1n) is 3.15. The second-order valence-corrected chi connectivity index (χ2v) is 2.32. The minimum Gasteiger partial charge on any atom is -0.378 e. The van der Waals surface area contributed by atoms with E-state index < -0.39 is 12.3 Å². The van der Waals surface area contributed by atoms with Crippen LogP contribution in [0, 0.1) is 0 Å². The SMILES string of the molecule is Cn1nccc1[C@H](O)C(F)(F)F. The van der Waals surface area contributed by atoms with Crippen molar-refractivity contribution in [2.75, 3.05) is 0 Å². The molecule has 0 amide bonds. The number of aryl methyl sites for hydroxylation is 1. The first-order chi connectivity index (χ1) is 5.43. The molecule has 1 heterocycles. The van der Waals surface area contributed by atoms with Crippen molar-refractivity contribution in [2.45, 2.75) is 12.3 Å². The lowest BCUT2D eigenvalue weighted by atomic mass is 10.2. The normalized spacial score (nSPS) is 14.8. The lowest BCUT2D eigenvalue weighted by Gasteiger charge is -2.13. The molecule has 1 aromatic heterocycles. The Morgan fingerprint density at radius 3 is 2.50 bits per heavy atom. The maximum atomic E-state index is 11.9. The largest absolute Gasteiger partial charge is 0.420 e. The summed E-state index contributed by atoms with van der Waals surface area (Å²) in [6, 6.07) is 1.12. The van der Waals surface area contributed by atoms with Crippen molar-refractivity contribution in [3.63, 3.8) is 0 Å². The Labute approximate surface area is 66.4 Å². The van der Waals surface area contributed by atoms with Gasteiger partial charge in [0.2, 0.25) is 0 Å². The number of aromatic nitrogens is 2. The molecule has 1 N–H and O–H groups in total. The summed E-state index contributed by atoms with van der Waals surface area (Å²) < 4.78 is 36.7. The molecule has 12 heavy (non-hydrogen) atoms. The number of rotatable bonds is 1. The summed E-state index contributed by atoms with van der Waals surface area (Å²) in [6.07, 6.45) is -5.89. The predicted octanol–water partition coefficient (Wildman–Crippen LogP) is 1.02. The van der Waals surface area contributed by atoms with E-state index >= 15 is 0 Å². The molecule has 6 heteroatoms. The van der Waals surface area contributed by atoms with Crippen molar-refractivity contribution in [2.24, 2.45) is 7.05 Å². The molecule has 1 atom stereocenters. The van der Waals surface area contributed by atoms with E-state index in [1.165, 1.54) is 13.2 Å². The number of aliphatic hydroxyl groups excluding tert-OH is 1.